The Morgan fingerprint density at radius 1 is 1.03 bits per heavy atom. The van der Waals surface area contributed by atoms with Crippen molar-refractivity contribution in [2.45, 2.75) is 32.2 Å². The lowest BCUT2D eigenvalue weighted by atomic mass is 9.93. The van der Waals surface area contributed by atoms with Crippen molar-refractivity contribution in [2.24, 2.45) is 5.92 Å². The van der Waals surface area contributed by atoms with Crippen molar-refractivity contribution in [2.75, 3.05) is 24.5 Å². The Balaban J connectivity index is 1.16. The molecule has 7 heteroatoms. The monoisotopic (exact) mass is 452 g/mol. The van der Waals surface area contributed by atoms with Crippen LogP contribution in [0.5, 0.6) is 0 Å². The smallest absolute Gasteiger partial charge is 0.226 e. The minimum Gasteiger partial charge on any atom is -0.347 e. The highest BCUT2D eigenvalue weighted by atomic mass is 35.5. The Bertz CT molecular complexity index is 1060. The van der Waals surface area contributed by atoms with Crippen molar-refractivity contribution < 1.29 is 4.79 Å². The summed E-state index contributed by atoms with van der Waals surface area (Å²) in [4.78, 5) is 22.2. The van der Waals surface area contributed by atoms with Crippen LogP contribution >= 0.6 is 23.1 Å². The molecule has 1 saturated heterocycles. The van der Waals surface area contributed by atoms with Gasteiger partial charge in [0, 0.05) is 55.1 Å². The lowest BCUT2D eigenvalue weighted by Gasteiger charge is -2.36. The van der Waals surface area contributed by atoms with Gasteiger partial charge in [0.15, 0.2) is 0 Å². The minimum absolute atomic E-state index is 0.114. The number of rotatable bonds is 4. The van der Waals surface area contributed by atoms with Gasteiger partial charge >= 0.3 is 0 Å². The van der Waals surface area contributed by atoms with Crippen LogP contribution in [-0.2, 0) is 24.2 Å². The minimum atomic E-state index is 0.114. The molecule has 0 aliphatic carbocycles. The average molecular weight is 453 g/mol. The van der Waals surface area contributed by atoms with E-state index in [1.807, 2.05) is 24.3 Å². The SMILES string of the molecule is O=C(C1CCN(c2nc(Cc3ccc(Cl)cc3)ns2)CC1)N1CCc2ccccc2C1. The first-order valence-corrected chi connectivity index (χ1v) is 12.0. The van der Waals surface area contributed by atoms with E-state index >= 15 is 0 Å². The van der Waals surface area contributed by atoms with E-state index in [0.717, 1.165) is 67.0 Å². The quantitative estimate of drug-likeness (QED) is 0.581. The zero-order chi connectivity index (χ0) is 21.2. The molecule has 0 unspecified atom stereocenters. The molecular formula is C24H25ClN4OS. The maximum atomic E-state index is 13.1. The average Bonchev–Trinajstić information content (AvgIpc) is 3.28. The number of carbonyl (C=O) groups excluding carboxylic acids is 1. The van der Waals surface area contributed by atoms with Crippen LogP contribution in [0.4, 0.5) is 5.13 Å². The van der Waals surface area contributed by atoms with E-state index in [2.05, 4.69) is 38.4 Å². The third-order valence-corrected chi connectivity index (χ3v) is 7.36. The van der Waals surface area contributed by atoms with E-state index in [1.165, 1.54) is 22.7 Å². The third-order valence-electron chi connectivity index (χ3n) is 6.29. The van der Waals surface area contributed by atoms with Gasteiger partial charge in [-0.2, -0.15) is 4.37 Å². The molecule has 2 aliphatic heterocycles. The molecule has 3 aromatic rings. The highest BCUT2D eigenvalue weighted by Crippen LogP contribution is 2.28. The first kappa shape index (κ1) is 20.5. The lowest BCUT2D eigenvalue weighted by molar-refractivity contribution is -0.137. The van der Waals surface area contributed by atoms with Gasteiger partial charge in [-0.1, -0.05) is 48.0 Å². The van der Waals surface area contributed by atoms with Crippen molar-refractivity contribution in [1.29, 1.82) is 0 Å². The number of hydrogen-bond acceptors (Lipinski definition) is 5. The van der Waals surface area contributed by atoms with E-state index < -0.39 is 0 Å². The maximum absolute atomic E-state index is 13.1. The van der Waals surface area contributed by atoms with Gasteiger partial charge in [-0.15, -0.1) is 0 Å². The zero-order valence-corrected chi connectivity index (χ0v) is 18.9. The summed E-state index contributed by atoms with van der Waals surface area (Å²) >= 11 is 7.42. The number of anilines is 1. The number of piperidine rings is 1. The van der Waals surface area contributed by atoms with Gasteiger partial charge in [0.1, 0.15) is 5.82 Å². The van der Waals surface area contributed by atoms with Crippen LogP contribution in [0.3, 0.4) is 0 Å². The fraction of sp³-hybridized carbons (Fsp3) is 0.375. The molecular weight excluding hydrogens is 428 g/mol. The zero-order valence-electron chi connectivity index (χ0n) is 17.3. The molecule has 0 atom stereocenters. The molecule has 0 spiro atoms. The molecule has 0 saturated carbocycles. The molecule has 5 rings (SSSR count). The summed E-state index contributed by atoms with van der Waals surface area (Å²) in [7, 11) is 0. The topological polar surface area (TPSA) is 49.3 Å². The number of carbonyl (C=O) groups is 1. The van der Waals surface area contributed by atoms with Crippen molar-refractivity contribution in [3.63, 3.8) is 0 Å². The first-order valence-electron chi connectivity index (χ1n) is 10.8. The molecule has 1 fully saturated rings. The Hall–Kier alpha value is -2.44. The molecule has 5 nitrogen and oxygen atoms in total. The Labute approximate surface area is 191 Å². The number of nitrogens with zero attached hydrogens (tertiary/aromatic N) is 4. The molecule has 0 bridgehead atoms. The Morgan fingerprint density at radius 3 is 2.55 bits per heavy atom. The summed E-state index contributed by atoms with van der Waals surface area (Å²) in [6, 6.07) is 16.3. The fourth-order valence-corrected chi connectivity index (χ4v) is 5.35. The second-order valence-electron chi connectivity index (χ2n) is 8.34. The van der Waals surface area contributed by atoms with Gasteiger partial charge in [-0.05, 0) is 48.1 Å². The molecule has 0 N–H and O–H groups in total. The third kappa shape index (κ3) is 4.60. The van der Waals surface area contributed by atoms with Crippen LogP contribution in [-0.4, -0.2) is 39.8 Å². The highest BCUT2D eigenvalue weighted by molar-refractivity contribution is 7.09. The largest absolute Gasteiger partial charge is 0.347 e. The van der Waals surface area contributed by atoms with E-state index in [9.17, 15) is 4.79 Å². The molecule has 2 aliphatic rings. The number of hydrogen-bond donors (Lipinski definition) is 0. The summed E-state index contributed by atoms with van der Waals surface area (Å²) in [5.74, 6) is 1.27. The predicted octanol–water partition coefficient (Wildman–Crippen LogP) is 4.58. The first-order chi connectivity index (χ1) is 15.2. The molecule has 31 heavy (non-hydrogen) atoms. The van der Waals surface area contributed by atoms with Crippen LogP contribution in [0.1, 0.15) is 35.4 Å². The number of aromatic nitrogens is 2. The fourth-order valence-electron chi connectivity index (χ4n) is 4.49. The van der Waals surface area contributed by atoms with Gasteiger partial charge in [-0.3, -0.25) is 4.79 Å². The van der Waals surface area contributed by atoms with Crippen LogP contribution in [0.15, 0.2) is 48.5 Å². The van der Waals surface area contributed by atoms with Crippen molar-refractivity contribution >= 4 is 34.2 Å². The summed E-state index contributed by atoms with van der Waals surface area (Å²) in [6.07, 6.45) is 3.42. The Morgan fingerprint density at radius 2 is 1.77 bits per heavy atom. The number of fused-ring (bicyclic) bond motifs is 1. The summed E-state index contributed by atoms with van der Waals surface area (Å²) in [5.41, 5.74) is 3.83. The Kier molecular flexibility index (Phi) is 5.92. The van der Waals surface area contributed by atoms with Crippen molar-refractivity contribution in [1.82, 2.24) is 14.3 Å². The van der Waals surface area contributed by atoms with Gasteiger partial charge in [0.2, 0.25) is 11.0 Å². The van der Waals surface area contributed by atoms with Gasteiger partial charge in [0.05, 0.1) is 0 Å². The maximum Gasteiger partial charge on any atom is 0.226 e. The van der Waals surface area contributed by atoms with Crippen LogP contribution in [0.2, 0.25) is 5.02 Å². The molecule has 2 aromatic carbocycles. The van der Waals surface area contributed by atoms with Crippen LogP contribution < -0.4 is 4.90 Å². The van der Waals surface area contributed by atoms with Gasteiger partial charge < -0.3 is 9.80 Å². The molecule has 160 valence electrons. The highest BCUT2D eigenvalue weighted by Gasteiger charge is 2.31. The molecule has 3 heterocycles. The predicted molar refractivity (Wildman–Crippen MR) is 125 cm³/mol. The molecule has 1 amide bonds. The van der Waals surface area contributed by atoms with Gasteiger partial charge in [0.25, 0.3) is 0 Å². The second-order valence-corrected chi connectivity index (χ2v) is 9.50. The number of benzene rings is 2. The summed E-state index contributed by atoms with van der Waals surface area (Å²) in [6.45, 7) is 3.30. The normalized spacial score (nSPS) is 16.9. The van der Waals surface area contributed by atoms with E-state index in [-0.39, 0.29) is 5.92 Å². The lowest BCUT2D eigenvalue weighted by Crippen LogP contribution is -2.44. The summed E-state index contributed by atoms with van der Waals surface area (Å²) < 4.78 is 4.54. The molecule has 1 aromatic heterocycles. The number of amides is 1. The van der Waals surface area contributed by atoms with Crippen LogP contribution in [0.25, 0.3) is 0 Å². The van der Waals surface area contributed by atoms with E-state index in [0.29, 0.717) is 12.3 Å². The summed E-state index contributed by atoms with van der Waals surface area (Å²) in [5, 5.41) is 1.70. The van der Waals surface area contributed by atoms with Gasteiger partial charge in [-0.25, -0.2) is 4.98 Å². The standard InChI is InChI=1S/C24H25ClN4OS/c25-21-7-5-17(6-8-21)15-22-26-24(31-27-22)28-12-10-19(11-13-28)23(30)29-14-9-18-3-1-2-4-20(18)16-29/h1-8,19H,9-16H2. The second kappa shape index (κ2) is 8.97. The van der Waals surface area contributed by atoms with Crippen LogP contribution in [0, 0.1) is 5.92 Å². The van der Waals surface area contributed by atoms with Crippen molar-refractivity contribution in [3.8, 4) is 0 Å². The molecule has 0 radical (unpaired) electrons. The van der Waals surface area contributed by atoms with Crippen molar-refractivity contribution in [3.05, 3.63) is 76.1 Å². The van der Waals surface area contributed by atoms with E-state index in [4.69, 9.17) is 16.6 Å². The van der Waals surface area contributed by atoms with E-state index in [1.54, 1.807) is 0 Å². The number of halogens is 1.